The van der Waals surface area contributed by atoms with Crippen LogP contribution >= 0.6 is 11.3 Å². The Labute approximate surface area is 116 Å². The van der Waals surface area contributed by atoms with Crippen molar-refractivity contribution in [3.8, 4) is 11.3 Å². The van der Waals surface area contributed by atoms with E-state index in [2.05, 4.69) is 10.3 Å². The maximum absolute atomic E-state index is 11.2. The quantitative estimate of drug-likeness (QED) is 0.877. The fourth-order valence-electron chi connectivity index (χ4n) is 1.60. The molecule has 1 heterocycles. The van der Waals surface area contributed by atoms with Crippen LogP contribution in [0, 0.1) is 0 Å². The third-order valence-corrected chi connectivity index (χ3v) is 3.89. The van der Waals surface area contributed by atoms with Crippen molar-refractivity contribution in [3.63, 3.8) is 0 Å². The van der Waals surface area contributed by atoms with Gasteiger partial charge in [-0.3, -0.25) is 0 Å². The molecule has 0 aliphatic rings. The molecule has 2 rings (SSSR count). The number of hydrogen-bond acceptors (Lipinski definition) is 4. The molecule has 0 aliphatic heterocycles. The largest absolute Gasteiger partial charge is 0.480 e. The van der Waals surface area contributed by atoms with E-state index in [-0.39, 0.29) is 0 Å². The van der Waals surface area contributed by atoms with E-state index in [1.54, 1.807) is 6.92 Å². The zero-order valence-electron chi connectivity index (χ0n) is 10.9. The summed E-state index contributed by atoms with van der Waals surface area (Å²) in [5, 5.41) is 14.8. The summed E-state index contributed by atoms with van der Waals surface area (Å²) < 4.78 is 0. The van der Waals surface area contributed by atoms with E-state index in [0.29, 0.717) is 11.6 Å². The number of rotatable bonds is 5. The molecule has 1 aromatic carbocycles. The first kappa shape index (κ1) is 13.5. The zero-order chi connectivity index (χ0) is 13.9. The summed E-state index contributed by atoms with van der Waals surface area (Å²) in [6, 6.07) is 9.82. The SMILES string of the molecule is CCC(C)(Nc1nc(-c2ccccc2)cs1)C(=O)O. The first-order valence-electron chi connectivity index (χ1n) is 6.07. The minimum absolute atomic E-state index is 0.489. The number of carboxylic acid groups (broad SMARTS) is 1. The molecule has 0 saturated heterocycles. The lowest BCUT2D eigenvalue weighted by atomic mass is 10.00. The van der Waals surface area contributed by atoms with Gasteiger partial charge in [-0.25, -0.2) is 9.78 Å². The third-order valence-electron chi connectivity index (χ3n) is 3.14. The van der Waals surface area contributed by atoms with Gasteiger partial charge in [0.05, 0.1) is 5.69 Å². The maximum atomic E-state index is 11.2. The van der Waals surface area contributed by atoms with Gasteiger partial charge in [0.1, 0.15) is 5.54 Å². The third kappa shape index (κ3) is 2.93. The minimum atomic E-state index is -0.980. The summed E-state index contributed by atoms with van der Waals surface area (Å²) in [7, 11) is 0. The van der Waals surface area contributed by atoms with E-state index in [4.69, 9.17) is 0 Å². The smallest absolute Gasteiger partial charge is 0.329 e. The second-order valence-corrected chi connectivity index (χ2v) is 5.38. The monoisotopic (exact) mass is 276 g/mol. The summed E-state index contributed by atoms with van der Waals surface area (Å²) in [6.07, 6.45) is 0.489. The summed E-state index contributed by atoms with van der Waals surface area (Å²) in [6.45, 7) is 3.51. The van der Waals surface area contributed by atoms with Crippen LogP contribution < -0.4 is 5.32 Å². The molecule has 0 aliphatic carbocycles. The van der Waals surface area contributed by atoms with Gasteiger partial charge in [0.2, 0.25) is 0 Å². The van der Waals surface area contributed by atoms with Gasteiger partial charge >= 0.3 is 5.97 Å². The van der Waals surface area contributed by atoms with Crippen molar-refractivity contribution in [2.45, 2.75) is 25.8 Å². The van der Waals surface area contributed by atoms with E-state index >= 15 is 0 Å². The average molecular weight is 276 g/mol. The van der Waals surface area contributed by atoms with E-state index in [1.165, 1.54) is 11.3 Å². The van der Waals surface area contributed by atoms with Crippen LogP contribution in [-0.2, 0) is 4.79 Å². The lowest BCUT2D eigenvalue weighted by Crippen LogP contribution is -2.42. The molecule has 0 amide bonds. The molecule has 2 N–H and O–H groups in total. The Morgan fingerprint density at radius 1 is 1.42 bits per heavy atom. The van der Waals surface area contributed by atoms with Crippen LogP contribution in [0.2, 0.25) is 0 Å². The lowest BCUT2D eigenvalue weighted by molar-refractivity contribution is -0.141. The number of anilines is 1. The predicted octanol–water partition coefficient (Wildman–Crippen LogP) is 3.48. The number of nitrogens with zero attached hydrogens (tertiary/aromatic N) is 1. The maximum Gasteiger partial charge on any atom is 0.329 e. The van der Waals surface area contributed by atoms with E-state index in [1.807, 2.05) is 42.6 Å². The number of carbonyl (C=O) groups is 1. The van der Waals surface area contributed by atoms with Crippen molar-refractivity contribution in [2.24, 2.45) is 0 Å². The molecule has 0 radical (unpaired) electrons. The van der Waals surface area contributed by atoms with Crippen LogP contribution in [0.1, 0.15) is 20.3 Å². The number of benzene rings is 1. The van der Waals surface area contributed by atoms with Crippen LogP contribution in [0.4, 0.5) is 5.13 Å². The minimum Gasteiger partial charge on any atom is -0.480 e. The van der Waals surface area contributed by atoms with E-state index < -0.39 is 11.5 Å². The Morgan fingerprint density at radius 2 is 2.11 bits per heavy atom. The van der Waals surface area contributed by atoms with Crippen LogP contribution in [-0.4, -0.2) is 21.6 Å². The highest BCUT2D eigenvalue weighted by Gasteiger charge is 2.31. The first-order valence-corrected chi connectivity index (χ1v) is 6.95. The number of hydrogen-bond donors (Lipinski definition) is 2. The molecule has 19 heavy (non-hydrogen) atoms. The number of aliphatic carboxylic acids is 1. The Bertz CT molecular complexity index is 568. The molecule has 100 valence electrons. The molecule has 1 atom stereocenters. The van der Waals surface area contributed by atoms with Crippen molar-refractivity contribution < 1.29 is 9.90 Å². The summed E-state index contributed by atoms with van der Waals surface area (Å²) >= 11 is 1.42. The van der Waals surface area contributed by atoms with Gasteiger partial charge in [-0.05, 0) is 13.3 Å². The molecule has 1 aromatic heterocycles. The van der Waals surface area contributed by atoms with Gasteiger partial charge in [-0.2, -0.15) is 0 Å². The van der Waals surface area contributed by atoms with Crippen LogP contribution in [0.15, 0.2) is 35.7 Å². The standard InChI is InChI=1S/C14H16N2O2S/c1-3-14(2,12(17)18)16-13-15-11(9-19-13)10-7-5-4-6-8-10/h4-9H,3H2,1-2H3,(H,15,16)(H,17,18). The van der Waals surface area contributed by atoms with Gasteiger partial charge in [0.25, 0.3) is 0 Å². The molecule has 5 heteroatoms. The fourth-order valence-corrected chi connectivity index (χ4v) is 2.45. The number of nitrogens with one attached hydrogen (secondary N) is 1. The zero-order valence-corrected chi connectivity index (χ0v) is 11.7. The molecule has 4 nitrogen and oxygen atoms in total. The summed E-state index contributed by atoms with van der Waals surface area (Å²) in [5.74, 6) is -0.869. The van der Waals surface area contributed by atoms with Gasteiger partial charge in [-0.15, -0.1) is 11.3 Å². The molecule has 0 spiro atoms. The Kier molecular flexibility index (Phi) is 3.85. The molecule has 0 bridgehead atoms. The van der Waals surface area contributed by atoms with Crippen LogP contribution in [0.3, 0.4) is 0 Å². The first-order chi connectivity index (χ1) is 9.05. The van der Waals surface area contributed by atoms with Gasteiger partial charge < -0.3 is 10.4 Å². The highest BCUT2D eigenvalue weighted by atomic mass is 32.1. The topological polar surface area (TPSA) is 62.2 Å². The van der Waals surface area contributed by atoms with Crippen LogP contribution in [0.5, 0.6) is 0 Å². The van der Waals surface area contributed by atoms with E-state index in [9.17, 15) is 9.90 Å². The van der Waals surface area contributed by atoms with Crippen molar-refractivity contribution in [1.82, 2.24) is 4.98 Å². The normalized spacial score (nSPS) is 13.8. The summed E-state index contributed by atoms with van der Waals surface area (Å²) in [5.41, 5.74) is 0.906. The number of carboxylic acids is 1. The Hall–Kier alpha value is -1.88. The molecule has 1 unspecified atom stereocenters. The fraction of sp³-hybridized carbons (Fsp3) is 0.286. The molecular weight excluding hydrogens is 260 g/mol. The second kappa shape index (κ2) is 5.40. The number of thiazole rings is 1. The van der Waals surface area contributed by atoms with Crippen molar-refractivity contribution in [3.05, 3.63) is 35.7 Å². The molecular formula is C14H16N2O2S. The van der Waals surface area contributed by atoms with E-state index in [0.717, 1.165) is 11.3 Å². The molecule has 0 fully saturated rings. The highest BCUT2D eigenvalue weighted by molar-refractivity contribution is 7.14. The lowest BCUT2D eigenvalue weighted by Gasteiger charge is -2.23. The average Bonchev–Trinajstić information content (AvgIpc) is 2.87. The van der Waals surface area contributed by atoms with Gasteiger partial charge in [-0.1, -0.05) is 37.3 Å². The Balaban J connectivity index is 2.21. The Morgan fingerprint density at radius 3 is 2.68 bits per heavy atom. The second-order valence-electron chi connectivity index (χ2n) is 4.52. The highest BCUT2D eigenvalue weighted by Crippen LogP contribution is 2.27. The molecule has 2 aromatic rings. The van der Waals surface area contributed by atoms with Gasteiger partial charge in [0, 0.05) is 10.9 Å². The summed E-state index contributed by atoms with van der Waals surface area (Å²) in [4.78, 5) is 15.7. The van der Waals surface area contributed by atoms with Crippen molar-refractivity contribution in [1.29, 1.82) is 0 Å². The van der Waals surface area contributed by atoms with Crippen LogP contribution in [0.25, 0.3) is 11.3 Å². The van der Waals surface area contributed by atoms with Crippen molar-refractivity contribution >= 4 is 22.4 Å². The van der Waals surface area contributed by atoms with Gasteiger partial charge in [0.15, 0.2) is 5.13 Å². The predicted molar refractivity (Wildman–Crippen MR) is 77.5 cm³/mol. The number of aromatic nitrogens is 1. The molecule has 0 saturated carbocycles. The van der Waals surface area contributed by atoms with Crippen molar-refractivity contribution in [2.75, 3.05) is 5.32 Å².